The predicted octanol–water partition coefficient (Wildman–Crippen LogP) is 2.01. The third-order valence-electron chi connectivity index (χ3n) is 2.88. The second-order valence-electron chi connectivity index (χ2n) is 4.07. The van der Waals surface area contributed by atoms with Crippen molar-refractivity contribution in [2.75, 3.05) is 18.6 Å². The van der Waals surface area contributed by atoms with Crippen molar-refractivity contribution >= 4 is 17.4 Å². The van der Waals surface area contributed by atoms with Crippen LogP contribution >= 0.6 is 11.6 Å². The van der Waals surface area contributed by atoms with E-state index in [-0.39, 0.29) is 29.5 Å². The van der Waals surface area contributed by atoms with E-state index in [1.807, 2.05) is 30.3 Å². The summed E-state index contributed by atoms with van der Waals surface area (Å²) in [5.74, 6) is 0.198. The molecule has 0 aliphatic rings. The normalized spacial score (nSPS) is 12.2. The van der Waals surface area contributed by atoms with E-state index in [4.69, 9.17) is 11.6 Å². The lowest BCUT2D eigenvalue weighted by molar-refractivity contribution is 0.263. The molecule has 5 nitrogen and oxygen atoms in total. The predicted molar refractivity (Wildman–Crippen MR) is 73.4 cm³/mol. The largest absolute Gasteiger partial charge is 0.503 e. The van der Waals surface area contributed by atoms with Gasteiger partial charge in [0.15, 0.2) is 11.6 Å². The number of aliphatic hydroxyl groups excluding tert-OH is 1. The van der Waals surface area contributed by atoms with Gasteiger partial charge in [0, 0.05) is 7.05 Å². The van der Waals surface area contributed by atoms with E-state index >= 15 is 0 Å². The van der Waals surface area contributed by atoms with Crippen molar-refractivity contribution in [2.45, 2.75) is 6.04 Å². The Kier molecular flexibility index (Phi) is 4.19. The maximum Gasteiger partial charge on any atom is 0.224 e. The topological polar surface area (TPSA) is 69.5 Å². The molecular formula is C13H14ClN3O2. The zero-order valence-corrected chi connectivity index (χ0v) is 11.1. The van der Waals surface area contributed by atoms with Crippen LogP contribution in [0.4, 0.5) is 5.82 Å². The lowest BCUT2D eigenvalue weighted by atomic mass is 10.1. The summed E-state index contributed by atoms with van der Waals surface area (Å²) in [6, 6.07) is 9.15. The highest BCUT2D eigenvalue weighted by Crippen LogP contribution is 2.30. The van der Waals surface area contributed by atoms with Crippen LogP contribution in [-0.2, 0) is 0 Å². The van der Waals surface area contributed by atoms with Gasteiger partial charge in [-0.3, -0.25) is 0 Å². The Morgan fingerprint density at radius 1 is 1.32 bits per heavy atom. The highest BCUT2D eigenvalue weighted by Gasteiger charge is 2.20. The quantitative estimate of drug-likeness (QED) is 0.838. The fourth-order valence-electron chi connectivity index (χ4n) is 1.88. The van der Waals surface area contributed by atoms with E-state index in [2.05, 4.69) is 9.97 Å². The number of aromatic hydroxyl groups is 1. The molecule has 2 N–H and O–H groups in total. The second-order valence-corrected chi connectivity index (χ2v) is 4.41. The van der Waals surface area contributed by atoms with Gasteiger partial charge in [-0.1, -0.05) is 30.3 Å². The van der Waals surface area contributed by atoms with Crippen molar-refractivity contribution in [1.29, 1.82) is 0 Å². The molecule has 100 valence electrons. The smallest absolute Gasteiger partial charge is 0.224 e. The first-order valence-corrected chi connectivity index (χ1v) is 6.11. The second kappa shape index (κ2) is 5.86. The molecule has 1 aromatic heterocycles. The van der Waals surface area contributed by atoms with Crippen molar-refractivity contribution < 1.29 is 10.2 Å². The van der Waals surface area contributed by atoms with Crippen molar-refractivity contribution in [3.8, 4) is 5.75 Å². The van der Waals surface area contributed by atoms with Gasteiger partial charge < -0.3 is 15.1 Å². The van der Waals surface area contributed by atoms with Gasteiger partial charge >= 0.3 is 0 Å². The molecule has 2 aromatic rings. The van der Waals surface area contributed by atoms with Gasteiger partial charge in [-0.05, 0) is 17.2 Å². The average Bonchev–Trinajstić information content (AvgIpc) is 2.43. The van der Waals surface area contributed by atoms with E-state index in [1.54, 1.807) is 11.9 Å². The lowest BCUT2D eigenvalue weighted by Gasteiger charge is -2.28. The van der Waals surface area contributed by atoms with Crippen molar-refractivity contribution in [1.82, 2.24) is 9.97 Å². The molecule has 1 atom stereocenters. The van der Waals surface area contributed by atoms with Crippen LogP contribution in [0.5, 0.6) is 5.75 Å². The lowest BCUT2D eigenvalue weighted by Crippen LogP contribution is -2.28. The van der Waals surface area contributed by atoms with Gasteiger partial charge in [-0.15, -0.1) is 0 Å². The van der Waals surface area contributed by atoms with Gasteiger partial charge in [0.1, 0.15) is 0 Å². The van der Waals surface area contributed by atoms with Gasteiger partial charge in [-0.2, -0.15) is 4.98 Å². The zero-order chi connectivity index (χ0) is 13.8. The molecule has 1 aromatic carbocycles. The standard InChI is InChI=1S/C13H14ClN3O2/c1-17(12-11(19)7-15-13(14)16-12)10(8-18)9-5-3-2-4-6-9/h2-7,10,18-19H,8H2,1H3/t10-/m1/s1. The summed E-state index contributed by atoms with van der Waals surface area (Å²) in [5.41, 5.74) is 0.918. The van der Waals surface area contributed by atoms with Gasteiger partial charge in [-0.25, -0.2) is 4.98 Å². The molecule has 0 saturated carbocycles. The maximum atomic E-state index is 9.79. The number of hydrogen-bond donors (Lipinski definition) is 2. The molecule has 0 spiro atoms. The number of anilines is 1. The number of likely N-dealkylation sites (N-methyl/N-ethyl adjacent to an activating group) is 1. The number of aromatic nitrogens is 2. The maximum absolute atomic E-state index is 9.79. The Bertz CT molecular complexity index is 551. The molecule has 1 heterocycles. The number of nitrogens with zero attached hydrogens (tertiary/aromatic N) is 3. The Morgan fingerprint density at radius 2 is 2.00 bits per heavy atom. The fourth-order valence-corrected chi connectivity index (χ4v) is 2.01. The molecule has 0 fully saturated rings. The number of hydrogen-bond acceptors (Lipinski definition) is 5. The minimum Gasteiger partial charge on any atom is -0.503 e. The van der Waals surface area contributed by atoms with Crippen LogP contribution in [0.25, 0.3) is 0 Å². The molecule has 6 heteroatoms. The molecule has 0 aliphatic carbocycles. The van der Waals surface area contributed by atoms with Crippen LogP contribution in [0.2, 0.25) is 5.28 Å². The SMILES string of the molecule is CN(c1nc(Cl)ncc1O)[C@H](CO)c1ccccc1. The molecule has 0 amide bonds. The Morgan fingerprint density at radius 3 is 2.63 bits per heavy atom. The van der Waals surface area contributed by atoms with E-state index in [0.717, 1.165) is 5.56 Å². The van der Waals surface area contributed by atoms with Crippen molar-refractivity contribution in [2.24, 2.45) is 0 Å². The minimum atomic E-state index is -0.321. The van der Waals surface area contributed by atoms with Gasteiger partial charge in [0.2, 0.25) is 5.28 Å². The molecule has 2 rings (SSSR count). The van der Waals surface area contributed by atoms with Gasteiger partial charge in [0.05, 0.1) is 18.8 Å². The van der Waals surface area contributed by atoms with Crippen LogP contribution < -0.4 is 4.90 Å². The fraction of sp³-hybridized carbons (Fsp3) is 0.231. The number of rotatable bonds is 4. The highest BCUT2D eigenvalue weighted by atomic mass is 35.5. The first kappa shape index (κ1) is 13.6. The minimum absolute atomic E-state index is 0.0457. The summed E-state index contributed by atoms with van der Waals surface area (Å²) >= 11 is 5.73. The number of halogens is 1. The van der Waals surface area contributed by atoms with E-state index in [0.29, 0.717) is 0 Å². The zero-order valence-electron chi connectivity index (χ0n) is 10.4. The molecule has 19 heavy (non-hydrogen) atoms. The van der Waals surface area contributed by atoms with Crippen LogP contribution in [0, 0.1) is 0 Å². The van der Waals surface area contributed by atoms with Crippen LogP contribution in [0.15, 0.2) is 36.5 Å². The van der Waals surface area contributed by atoms with Gasteiger partial charge in [0.25, 0.3) is 0 Å². The summed E-state index contributed by atoms with van der Waals surface area (Å²) in [4.78, 5) is 9.35. The summed E-state index contributed by atoms with van der Waals surface area (Å²) in [7, 11) is 1.73. The number of benzene rings is 1. The Hall–Kier alpha value is -1.85. The Labute approximate surface area is 116 Å². The third-order valence-corrected chi connectivity index (χ3v) is 3.06. The summed E-state index contributed by atoms with van der Waals surface area (Å²) in [5, 5.41) is 19.4. The van der Waals surface area contributed by atoms with Crippen LogP contribution in [-0.4, -0.2) is 33.8 Å². The molecule has 0 aliphatic heterocycles. The van der Waals surface area contributed by atoms with Crippen LogP contribution in [0.1, 0.15) is 11.6 Å². The Balaban J connectivity index is 2.36. The monoisotopic (exact) mass is 279 g/mol. The van der Waals surface area contributed by atoms with E-state index < -0.39 is 0 Å². The van der Waals surface area contributed by atoms with Crippen molar-refractivity contribution in [3.63, 3.8) is 0 Å². The first-order valence-electron chi connectivity index (χ1n) is 5.73. The molecule has 0 bridgehead atoms. The summed E-state index contributed by atoms with van der Waals surface area (Å²) in [6.45, 7) is -0.110. The van der Waals surface area contributed by atoms with Crippen molar-refractivity contribution in [3.05, 3.63) is 47.4 Å². The number of aliphatic hydroxyl groups is 1. The highest BCUT2D eigenvalue weighted by molar-refractivity contribution is 6.28. The first-order chi connectivity index (χ1) is 9.13. The summed E-state index contributed by atoms with van der Waals surface area (Å²) in [6.07, 6.45) is 1.24. The summed E-state index contributed by atoms with van der Waals surface area (Å²) < 4.78 is 0. The average molecular weight is 280 g/mol. The van der Waals surface area contributed by atoms with E-state index in [1.165, 1.54) is 6.20 Å². The third kappa shape index (κ3) is 2.94. The molecule has 0 unspecified atom stereocenters. The van der Waals surface area contributed by atoms with Crippen LogP contribution in [0.3, 0.4) is 0 Å². The molecule has 0 radical (unpaired) electrons. The van der Waals surface area contributed by atoms with E-state index in [9.17, 15) is 10.2 Å². The molecular weight excluding hydrogens is 266 g/mol. The molecule has 0 saturated heterocycles.